The van der Waals surface area contributed by atoms with E-state index in [0.29, 0.717) is 11.3 Å². The molecule has 0 aliphatic heterocycles. The minimum Gasteiger partial charge on any atom is -0.282 e. The van der Waals surface area contributed by atoms with Crippen molar-refractivity contribution >= 4 is 0 Å². The molecular formula is C12H20N2. The lowest BCUT2D eigenvalue weighted by Crippen LogP contribution is -2.29. The van der Waals surface area contributed by atoms with Crippen LogP contribution in [0.5, 0.6) is 0 Å². The third-order valence-corrected chi connectivity index (χ3v) is 3.25. The van der Waals surface area contributed by atoms with Gasteiger partial charge in [0.1, 0.15) is 0 Å². The van der Waals surface area contributed by atoms with Gasteiger partial charge in [-0.2, -0.15) is 5.10 Å². The first-order valence-electron chi connectivity index (χ1n) is 5.53. The highest BCUT2D eigenvalue weighted by Crippen LogP contribution is 2.49. The van der Waals surface area contributed by atoms with E-state index < -0.39 is 0 Å². The van der Waals surface area contributed by atoms with Crippen LogP contribution in [0.25, 0.3) is 0 Å². The summed E-state index contributed by atoms with van der Waals surface area (Å²) < 4.78 is 0. The molecule has 0 spiro atoms. The summed E-state index contributed by atoms with van der Waals surface area (Å²) in [6, 6.07) is 2.24. The molecule has 1 aromatic heterocycles. The molecule has 1 fully saturated rings. The van der Waals surface area contributed by atoms with Crippen molar-refractivity contribution in [3.8, 4) is 0 Å². The molecule has 0 bridgehead atoms. The van der Waals surface area contributed by atoms with Crippen molar-refractivity contribution in [1.29, 1.82) is 0 Å². The van der Waals surface area contributed by atoms with Gasteiger partial charge in [0.2, 0.25) is 0 Å². The zero-order valence-corrected chi connectivity index (χ0v) is 9.59. The molecule has 1 N–H and O–H groups in total. The van der Waals surface area contributed by atoms with Gasteiger partial charge in [0.25, 0.3) is 0 Å². The van der Waals surface area contributed by atoms with E-state index in [2.05, 4.69) is 44.0 Å². The maximum atomic E-state index is 4.34. The van der Waals surface area contributed by atoms with Crippen molar-refractivity contribution in [1.82, 2.24) is 10.2 Å². The summed E-state index contributed by atoms with van der Waals surface area (Å²) in [5, 5.41) is 7.52. The molecule has 78 valence electrons. The van der Waals surface area contributed by atoms with Gasteiger partial charge < -0.3 is 0 Å². The van der Waals surface area contributed by atoms with Crippen molar-refractivity contribution in [2.24, 2.45) is 5.41 Å². The van der Waals surface area contributed by atoms with Gasteiger partial charge in [0.15, 0.2) is 0 Å². The third-order valence-electron chi connectivity index (χ3n) is 3.25. The van der Waals surface area contributed by atoms with E-state index in [-0.39, 0.29) is 0 Å². The number of aromatic amines is 1. The summed E-state index contributed by atoms with van der Waals surface area (Å²) in [6.07, 6.45) is 2.60. The molecule has 1 heterocycles. The lowest BCUT2D eigenvalue weighted by molar-refractivity contribution is 0.148. The Balaban J connectivity index is 2.05. The van der Waals surface area contributed by atoms with Crippen LogP contribution < -0.4 is 0 Å². The molecule has 0 atom stereocenters. The van der Waals surface area contributed by atoms with Crippen LogP contribution in [-0.4, -0.2) is 10.2 Å². The Bertz CT molecular complexity index is 315. The van der Waals surface area contributed by atoms with E-state index in [4.69, 9.17) is 0 Å². The molecule has 0 saturated heterocycles. The van der Waals surface area contributed by atoms with Gasteiger partial charge in [-0.25, -0.2) is 0 Å². The molecule has 0 radical (unpaired) electrons. The van der Waals surface area contributed by atoms with Crippen LogP contribution in [0, 0.1) is 5.41 Å². The fraction of sp³-hybridized carbons (Fsp3) is 0.750. The van der Waals surface area contributed by atoms with Crippen LogP contribution in [0.1, 0.15) is 63.8 Å². The zero-order chi connectivity index (χ0) is 10.3. The smallest absolute Gasteiger partial charge is 0.0650 e. The van der Waals surface area contributed by atoms with Crippen LogP contribution in [0.15, 0.2) is 6.07 Å². The second-order valence-corrected chi connectivity index (χ2v) is 5.67. The molecule has 1 saturated carbocycles. The van der Waals surface area contributed by atoms with Crippen LogP contribution in [0.3, 0.4) is 0 Å². The Hall–Kier alpha value is -0.790. The summed E-state index contributed by atoms with van der Waals surface area (Å²) in [7, 11) is 0. The van der Waals surface area contributed by atoms with Crippen LogP contribution >= 0.6 is 0 Å². The normalized spacial score (nSPS) is 21.2. The molecule has 14 heavy (non-hydrogen) atoms. The fourth-order valence-corrected chi connectivity index (χ4v) is 2.35. The minimum absolute atomic E-state index is 0.535. The Kier molecular flexibility index (Phi) is 2.17. The minimum atomic E-state index is 0.535. The highest BCUT2D eigenvalue weighted by Gasteiger charge is 2.37. The average Bonchev–Trinajstić information content (AvgIpc) is 2.47. The van der Waals surface area contributed by atoms with Crippen LogP contribution in [0.2, 0.25) is 0 Å². The first-order valence-corrected chi connectivity index (χ1v) is 5.53. The average molecular weight is 192 g/mol. The first kappa shape index (κ1) is 9.75. The molecule has 1 aliphatic rings. The number of hydrogen-bond donors (Lipinski definition) is 1. The van der Waals surface area contributed by atoms with Gasteiger partial charge >= 0.3 is 0 Å². The SMILES string of the molecule is CC(C)c1cc(C2CC(C)(C)C2)[nH]n1. The summed E-state index contributed by atoms with van der Waals surface area (Å²) in [5.41, 5.74) is 3.09. The van der Waals surface area contributed by atoms with E-state index in [1.807, 2.05) is 0 Å². The van der Waals surface area contributed by atoms with Gasteiger partial charge in [0, 0.05) is 11.6 Å². The second kappa shape index (κ2) is 3.11. The fourth-order valence-electron chi connectivity index (χ4n) is 2.35. The highest BCUT2D eigenvalue weighted by atomic mass is 15.1. The molecule has 1 aromatic rings. The molecule has 0 aromatic carbocycles. The van der Waals surface area contributed by atoms with E-state index in [1.54, 1.807) is 0 Å². The molecular weight excluding hydrogens is 172 g/mol. The van der Waals surface area contributed by atoms with Crippen LogP contribution in [-0.2, 0) is 0 Å². The Labute approximate surface area is 86.1 Å². The van der Waals surface area contributed by atoms with Crippen molar-refractivity contribution in [3.05, 3.63) is 17.5 Å². The first-order chi connectivity index (χ1) is 6.48. The van der Waals surface area contributed by atoms with Gasteiger partial charge in [-0.05, 0) is 30.2 Å². The summed E-state index contributed by atoms with van der Waals surface area (Å²) in [4.78, 5) is 0. The maximum absolute atomic E-state index is 4.34. The van der Waals surface area contributed by atoms with Gasteiger partial charge in [-0.1, -0.05) is 27.7 Å². The van der Waals surface area contributed by atoms with Crippen molar-refractivity contribution < 1.29 is 0 Å². The number of hydrogen-bond acceptors (Lipinski definition) is 1. The highest BCUT2D eigenvalue weighted by molar-refractivity contribution is 5.19. The van der Waals surface area contributed by atoms with Crippen molar-refractivity contribution in [2.75, 3.05) is 0 Å². The largest absolute Gasteiger partial charge is 0.282 e. The topological polar surface area (TPSA) is 28.7 Å². The predicted octanol–water partition coefficient (Wildman–Crippen LogP) is 3.44. The number of nitrogens with one attached hydrogen (secondary N) is 1. The lowest BCUT2D eigenvalue weighted by Gasteiger charge is -2.42. The summed E-state index contributed by atoms with van der Waals surface area (Å²) >= 11 is 0. The summed E-state index contributed by atoms with van der Waals surface area (Å²) in [6.45, 7) is 9.04. The second-order valence-electron chi connectivity index (χ2n) is 5.67. The molecule has 1 aliphatic carbocycles. The van der Waals surface area contributed by atoms with Gasteiger partial charge in [-0.3, -0.25) is 5.10 Å². The molecule has 0 amide bonds. The zero-order valence-electron chi connectivity index (χ0n) is 9.59. The molecule has 2 heteroatoms. The Morgan fingerprint density at radius 3 is 2.50 bits per heavy atom. The monoisotopic (exact) mass is 192 g/mol. The van der Waals surface area contributed by atoms with E-state index in [1.165, 1.54) is 24.2 Å². The number of rotatable bonds is 2. The third kappa shape index (κ3) is 1.70. The quantitative estimate of drug-likeness (QED) is 0.764. The van der Waals surface area contributed by atoms with Gasteiger partial charge in [-0.15, -0.1) is 0 Å². The maximum Gasteiger partial charge on any atom is 0.0650 e. The number of nitrogens with zero attached hydrogens (tertiary/aromatic N) is 1. The molecule has 2 rings (SSSR count). The predicted molar refractivity (Wildman–Crippen MR) is 58.4 cm³/mol. The number of aromatic nitrogens is 2. The van der Waals surface area contributed by atoms with E-state index >= 15 is 0 Å². The van der Waals surface area contributed by atoms with Gasteiger partial charge in [0.05, 0.1) is 5.69 Å². The molecule has 0 unspecified atom stereocenters. The summed E-state index contributed by atoms with van der Waals surface area (Å²) in [5.74, 6) is 1.26. The van der Waals surface area contributed by atoms with Crippen molar-refractivity contribution in [2.45, 2.75) is 52.4 Å². The Morgan fingerprint density at radius 2 is 2.07 bits per heavy atom. The van der Waals surface area contributed by atoms with E-state index in [9.17, 15) is 0 Å². The molecule has 2 nitrogen and oxygen atoms in total. The van der Waals surface area contributed by atoms with E-state index in [0.717, 1.165) is 5.92 Å². The standard InChI is InChI=1S/C12H20N2/c1-8(2)10-5-11(14-13-10)9-6-12(3,4)7-9/h5,8-9H,6-7H2,1-4H3,(H,13,14). The van der Waals surface area contributed by atoms with Crippen molar-refractivity contribution in [3.63, 3.8) is 0 Å². The number of H-pyrrole nitrogens is 1. The Morgan fingerprint density at radius 1 is 1.43 bits per heavy atom. The lowest BCUT2D eigenvalue weighted by atomic mass is 9.63. The van der Waals surface area contributed by atoms with Crippen LogP contribution in [0.4, 0.5) is 0 Å².